The van der Waals surface area contributed by atoms with Gasteiger partial charge in [0.15, 0.2) is 0 Å². The third-order valence-electron chi connectivity index (χ3n) is 7.11. The van der Waals surface area contributed by atoms with Crippen molar-refractivity contribution in [3.05, 3.63) is 30.3 Å². The van der Waals surface area contributed by atoms with E-state index in [1.807, 2.05) is 0 Å². The van der Waals surface area contributed by atoms with Crippen LogP contribution in [0.2, 0.25) is 0 Å². The summed E-state index contributed by atoms with van der Waals surface area (Å²) in [4.78, 5) is 5.28. The number of hydrogen-bond donors (Lipinski definition) is 1. The molecule has 146 valence electrons. The lowest BCUT2D eigenvalue weighted by atomic mass is 9.81. The summed E-state index contributed by atoms with van der Waals surface area (Å²) >= 11 is 0. The van der Waals surface area contributed by atoms with E-state index < -0.39 is 0 Å². The predicted octanol–water partition coefficient (Wildman–Crippen LogP) is 4.63. The Hall–Kier alpha value is -0.770. The SMILES string of the molecule is Cl.OC1CCN(c2ccccc2)C12CCN(C1CCCCCCC1)CC2. The van der Waals surface area contributed by atoms with Crippen LogP contribution in [0.4, 0.5) is 5.69 Å². The molecule has 2 heterocycles. The van der Waals surface area contributed by atoms with Crippen LogP contribution in [0.25, 0.3) is 0 Å². The van der Waals surface area contributed by atoms with Gasteiger partial charge in [-0.1, -0.05) is 50.3 Å². The lowest BCUT2D eigenvalue weighted by Crippen LogP contribution is -2.58. The van der Waals surface area contributed by atoms with Crippen molar-refractivity contribution >= 4 is 18.1 Å². The molecule has 0 amide bonds. The van der Waals surface area contributed by atoms with Crippen molar-refractivity contribution in [3.8, 4) is 0 Å². The van der Waals surface area contributed by atoms with Gasteiger partial charge in [0, 0.05) is 31.4 Å². The fourth-order valence-electron chi connectivity index (χ4n) is 5.60. The molecule has 1 aromatic rings. The number of nitrogens with zero attached hydrogens (tertiary/aromatic N) is 2. The van der Waals surface area contributed by atoms with Gasteiger partial charge < -0.3 is 14.9 Å². The van der Waals surface area contributed by atoms with E-state index in [9.17, 15) is 5.11 Å². The minimum atomic E-state index is -0.174. The molecule has 1 spiro atoms. The van der Waals surface area contributed by atoms with E-state index in [-0.39, 0.29) is 24.0 Å². The van der Waals surface area contributed by atoms with E-state index in [2.05, 4.69) is 40.1 Å². The van der Waals surface area contributed by atoms with Crippen molar-refractivity contribution < 1.29 is 5.11 Å². The number of rotatable bonds is 2. The Balaban J connectivity index is 0.00000196. The molecule has 1 saturated carbocycles. The van der Waals surface area contributed by atoms with Crippen LogP contribution >= 0.6 is 12.4 Å². The number of aliphatic hydroxyl groups excluding tert-OH is 1. The molecular weight excluding hydrogens is 344 g/mol. The van der Waals surface area contributed by atoms with Crippen molar-refractivity contribution in [1.29, 1.82) is 0 Å². The first-order valence-corrected chi connectivity index (χ1v) is 10.5. The first kappa shape index (κ1) is 20.0. The first-order chi connectivity index (χ1) is 12.3. The number of para-hydroxylation sites is 1. The van der Waals surface area contributed by atoms with Gasteiger partial charge in [0.2, 0.25) is 0 Å². The van der Waals surface area contributed by atoms with E-state index in [1.165, 1.54) is 50.6 Å². The van der Waals surface area contributed by atoms with Gasteiger partial charge in [-0.05, 0) is 44.2 Å². The molecule has 1 atom stereocenters. The van der Waals surface area contributed by atoms with E-state index >= 15 is 0 Å². The largest absolute Gasteiger partial charge is 0.391 e. The Morgan fingerprint density at radius 1 is 0.808 bits per heavy atom. The number of halogens is 1. The molecule has 3 fully saturated rings. The topological polar surface area (TPSA) is 26.7 Å². The Labute approximate surface area is 165 Å². The fraction of sp³-hybridized carbons (Fsp3) is 0.727. The van der Waals surface area contributed by atoms with Crippen molar-refractivity contribution in [3.63, 3.8) is 0 Å². The zero-order valence-corrected chi connectivity index (χ0v) is 16.8. The minimum absolute atomic E-state index is 0. The lowest BCUT2D eigenvalue weighted by Gasteiger charge is -2.49. The number of piperidine rings is 1. The maximum absolute atomic E-state index is 10.9. The predicted molar refractivity (Wildman–Crippen MR) is 111 cm³/mol. The molecule has 2 saturated heterocycles. The van der Waals surface area contributed by atoms with Crippen LogP contribution in [0.1, 0.15) is 64.2 Å². The fourth-order valence-corrected chi connectivity index (χ4v) is 5.60. The molecule has 3 aliphatic rings. The second kappa shape index (κ2) is 8.95. The summed E-state index contributed by atoms with van der Waals surface area (Å²) in [6.07, 6.45) is 12.8. The van der Waals surface area contributed by atoms with Crippen LogP contribution in [-0.2, 0) is 0 Å². The molecule has 1 unspecified atom stereocenters. The van der Waals surface area contributed by atoms with Gasteiger partial charge in [0.05, 0.1) is 11.6 Å². The van der Waals surface area contributed by atoms with E-state index in [0.717, 1.165) is 44.9 Å². The number of anilines is 1. The third kappa shape index (κ3) is 3.90. The highest BCUT2D eigenvalue weighted by Gasteiger charge is 2.50. The van der Waals surface area contributed by atoms with Crippen molar-refractivity contribution in [2.45, 2.75) is 81.9 Å². The van der Waals surface area contributed by atoms with Crippen LogP contribution in [0.15, 0.2) is 30.3 Å². The smallest absolute Gasteiger partial charge is 0.0789 e. The van der Waals surface area contributed by atoms with Gasteiger partial charge in [-0.15, -0.1) is 12.4 Å². The summed E-state index contributed by atoms with van der Waals surface area (Å²) in [5, 5.41) is 10.9. The molecule has 3 nitrogen and oxygen atoms in total. The summed E-state index contributed by atoms with van der Waals surface area (Å²) in [5.74, 6) is 0. The standard InChI is InChI=1S/C22H34N2O.ClH/c25-21-13-16-24(20-11-7-4-8-12-20)22(21)14-17-23(18-15-22)19-9-5-2-1-3-6-10-19;/h4,7-8,11-12,19,21,25H,1-3,5-6,9-10,13-18H2;1H. The molecule has 0 aromatic heterocycles. The normalized spacial score (nSPS) is 27.7. The Kier molecular flexibility index (Phi) is 6.87. The number of aliphatic hydroxyl groups is 1. The summed E-state index contributed by atoms with van der Waals surface area (Å²) in [5.41, 5.74) is 1.26. The number of benzene rings is 1. The summed E-state index contributed by atoms with van der Waals surface area (Å²) in [6, 6.07) is 11.5. The third-order valence-corrected chi connectivity index (χ3v) is 7.11. The van der Waals surface area contributed by atoms with Crippen LogP contribution < -0.4 is 4.90 Å². The van der Waals surface area contributed by atoms with Crippen LogP contribution in [0.5, 0.6) is 0 Å². The van der Waals surface area contributed by atoms with E-state index in [0.29, 0.717) is 0 Å². The second-order valence-corrected chi connectivity index (χ2v) is 8.43. The first-order valence-electron chi connectivity index (χ1n) is 10.5. The number of likely N-dealkylation sites (tertiary alicyclic amines) is 1. The van der Waals surface area contributed by atoms with Gasteiger partial charge in [-0.25, -0.2) is 0 Å². The van der Waals surface area contributed by atoms with Crippen molar-refractivity contribution in [1.82, 2.24) is 4.90 Å². The Bertz CT molecular complexity index is 536. The van der Waals surface area contributed by atoms with E-state index in [4.69, 9.17) is 0 Å². The molecule has 1 aliphatic carbocycles. The zero-order valence-electron chi connectivity index (χ0n) is 16.0. The lowest BCUT2D eigenvalue weighted by molar-refractivity contribution is 0.0366. The van der Waals surface area contributed by atoms with Crippen molar-refractivity contribution in [2.24, 2.45) is 0 Å². The Morgan fingerprint density at radius 3 is 2.08 bits per heavy atom. The van der Waals surface area contributed by atoms with Gasteiger partial charge in [-0.2, -0.15) is 0 Å². The molecule has 26 heavy (non-hydrogen) atoms. The van der Waals surface area contributed by atoms with Crippen LogP contribution in [-0.4, -0.2) is 47.3 Å². The molecule has 4 heteroatoms. The molecule has 0 bridgehead atoms. The molecule has 1 N–H and O–H groups in total. The van der Waals surface area contributed by atoms with Gasteiger partial charge >= 0.3 is 0 Å². The van der Waals surface area contributed by atoms with Crippen LogP contribution in [0, 0.1) is 0 Å². The quantitative estimate of drug-likeness (QED) is 0.812. The molecule has 0 radical (unpaired) electrons. The highest BCUT2D eigenvalue weighted by Crippen LogP contribution is 2.42. The average Bonchev–Trinajstić information content (AvgIpc) is 2.93. The van der Waals surface area contributed by atoms with Gasteiger partial charge in [0.1, 0.15) is 0 Å². The summed E-state index contributed by atoms with van der Waals surface area (Å²) in [7, 11) is 0. The maximum atomic E-state index is 10.9. The Morgan fingerprint density at radius 2 is 1.42 bits per heavy atom. The highest BCUT2D eigenvalue weighted by molar-refractivity contribution is 5.85. The van der Waals surface area contributed by atoms with Crippen LogP contribution in [0.3, 0.4) is 0 Å². The molecule has 2 aliphatic heterocycles. The average molecular weight is 379 g/mol. The van der Waals surface area contributed by atoms with E-state index in [1.54, 1.807) is 0 Å². The maximum Gasteiger partial charge on any atom is 0.0789 e. The molecule has 1 aromatic carbocycles. The van der Waals surface area contributed by atoms with Gasteiger partial charge in [0.25, 0.3) is 0 Å². The summed E-state index contributed by atoms with van der Waals surface area (Å²) < 4.78 is 0. The molecular formula is C22H35ClN2O. The minimum Gasteiger partial charge on any atom is -0.391 e. The van der Waals surface area contributed by atoms with Gasteiger partial charge in [-0.3, -0.25) is 0 Å². The summed E-state index contributed by atoms with van der Waals surface area (Å²) in [6.45, 7) is 3.31. The highest BCUT2D eigenvalue weighted by atomic mass is 35.5. The zero-order chi connectivity index (χ0) is 17.1. The molecule has 4 rings (SSSR count). The van der Waals surface area contributed by atoms with Crippen molar-refractivity contribution in [2.75, 3.05) is 24.5 Å². The second-order valence-electron chi connectivity index (χ2n) is 8.43. The number of hydrogen-bond acceptors (Lipinski definition) is 3. The monoisotopic (exact) mass is 378 g/mol.